The molecular formula is C35H34N2O6S. The number of allylic oxidation sites excluding steroid dienone is 1. The van der Waals surface area contributed by atoms with E-state index in [9.17, 15) is 18.0 Å². The summed E-state index contributed by atoms with van der Waals surface area (Å²) in [5.41, 5.74) is 4.57. The molecule has 0 bridgehead atoms. The van der Waals surface area contributed by atoms with Gasteiger partial charge in [-0.1, -0.05) is 77.9 Å². The zero-order chi connectivity index (χ0) is 31.4. The topological polar surface area (TPSA) is 97.1 Å². The quantitative estimate of drug-likeness (QED) is 0.158. The zero-order valence-electron chi connectivity index (χ0n) is 25.1. The van der Waals surface area contributed by atoms with Crippen LogP contribution in [0.5, 0.6) is 0 Å². The minimum atomic E-state index is -3.89. The maximum Gasteiger partial charge on any atom is 0.340 e. The molecule has 0 aliphatic carbocycles. The Morgan fingerprint density at radius 1 is 0.841 bits per heavy atom. The van der Waals surface area contributed by atoms with E-state index in [1.54, 1.807) is 43.3 Å². The van der Waals surface area contributed by atoms with Gasteiger partial charge in [0.05, 0.1) is 36.2 Å². The minimum Gasteiger partial charge on any atom is -0.465 e. The fourth-order valence-electron chi connectivity index (χ4n) is 5.04. The van der Waals surface area contributed by atoms with Gasteiger partial charge in [0.2, 0.25) is 10.0 Å². The van der Waals surface area contributed by atoms with E-state index in [-0.39, 0.29) is 41.6 Å². The molecule has 8 nitrogen and oxygen atoms in total. The molecule has 0 N–H and O–H groups in total. The molecule has 0 spiro atoms. The standard InChI is InChI=1S/C35H34N2O6S/c1-24-10-14-28(15-11-24)21-36(44(40,41)31-18-12-25(2)13-19-31)23-30-17-16-29(43-30)20-32-33(35(39)42-4)26(3)37(34(32)38)22-27-8-6-5-7-9-27/h5-20H,21-23H2,1-4H3/b32-20+. The second kappa shape index (κ2) is 12.9. The molecule has 1 amide bonds. The van der Waals surface area contributed by atoms with E-state index in [2.05, 4.69) is 0 Å². The van der Waals surface area contributed by atoms with E-state index in [0.717, 1.165) is 22.3 Å². The lowest BCUT2D eigenvalue weighted by atomic mass is 10.1. The molecule has 2 heterocycles. The van der Waals surface area contributed by atoms with Crippen LogP contribution in [0.2, 0.25) is 0 Å². The first-order chi connectivity index (χ1) is 21.1. The normalized spacial score (nSPS) is 14.6. The van der Waals surface area contributed by atoms with Crippen LogP contribution >= 0.6 is 0 Å². The number of carbonyl (C=O) groups excluding carboxylic acids is 2. The molecular weight excluding hydrogens is 576 g/mol. The number of sulfonamides is 1. The molecule has 1 aliphatic rings. The van der Waals surface area contributed by atoms with Crippen molar-refractivity contribution in [2.45, 2.75) is 45.3 Å². The van der Waals surface area contributed by atoms with Crippen LogP contribution < -0.4 is 0 Å². The summed E-state index contributed by atoms with van der Waals surface area (Å²) in [4.78, 5) is 28.1. The smallest absolute Gasteiger partial charge is 0.340 e. The Labute approximate surface area is 257 Å². The van der Waals surface area contributed by atoms with Gasteiger partial charge in [-0.2, -0.15) is 4.31 Å². The molecule has 0 fully saturated rings. The van der Waals surface area contributed by atoms with E-state index in [1.807, 2.05) is 68.4 Å². The van der Waals surface area contributed by atoms with Gasteiger partial charge < -0.3 is 14.1 Å². The second-order valence-electron chi connectivity index (χ2n) is 10.8. The van der Waals surface area contributed by atoms with Crippen molar-refractivity contribution in [3.05, 3.63) is 142 Å². The molecule has 0 radical (unpaired) electrons. The summed E-state index contributed by atoms with van der Waals surface area (Å²) >= 11 is 0. The van der Waals surface area contributed by atoms with Crippen LogP contribution in [0.1, 0.15) is 40.7 Å². The summed E-state index contributed by atoms with van der Waals surface area (Å²) < 4.78 is 40.0. The van der Waals surface area contributed by atoms with Gasteiger partial charge in [-0.15, -0.1) is 0 Å². The lowest BCUT2D eigenvalue weighted by Crippen LogP contribution is -2.30. The minimum absolute atomic E-state index is 0.0416. The number of ether oxygens (including phenoxy) is 1. The van der Waals surface area contributed by atoms with Crippen molar-refractivity contribution >= 4 is 28.0 Å². The number of carbonyl (C=O) groups is 2. The van der Waals surface area contributed by atoms with Crippen molar-refractivity contribution in [3.8, 4) is 0 Å². The highest BCUT2D eigenvalue weighted by atomic mass is 32.2. The Bertz CT molecular complexity index is 1840. The van der Waals surface area contributed by atoms with Crippen molar-refractivity contribution in [2.24, 2.45) is 0 Å². The third kappa shape index (κ3) is 6.59. The Balaban J connectivity index is 1.45. The van der Waals surface area contributed by atoms with Gasteiger partial charge in [-0.25, -0.2) is 13.2 Å². The summed E-state index contributed by atoms with van der Waals surface area (Å²) in [5.74, 6) is -0.292. The highest BCUT2D eigenvalue weighted by Crippen LogP contribution is 2.33. The van der Waals surface area contributed by atoms with Gasteiger partial charge in [-0.3, -0.25) is 4.79 Å². The average Bonchev–Trinajstić information content (AvgIpc) is 3.55. The maximum atomic E-state index is 13.8. The first-order valence-corrected chi connectivity index (χ1v) is 15.6. The largest absolute Gasteiger partial charge is 0.465 e. The Kier molecular flexibility index (Phi) is 8.98. The number of furan rings is 1. The molecule has 3 aromatic carbocycles. The first kappa shape index (κ1) is 30.7. The lowest BCUT2D eigenvalue weighted by molar-refractivity contribution is -0.136. The summed E-state index contributed by atoms with van der Waals surface area (Å²) in [6.45, 7) is 5.96. The van der Waals surface area contributed by atoms with Crippen molar-refractivity contribution in [1.82, 2.24) is 9.21 Å². The lowest BCUT2D eigenvalue weighted by Gasteiger charge is -2.21. The number of hydrogen-bond donors (Lipinski definition) is 0. The Hall–Kier alpha value is -4.73. The van der Waals surface area contributed by atoms with Crippen molar-refractivity contribution < 1.29 is 27.2 Å². The number of rotatable bonds is 10. The van der Waals surface area contributed by atoms with Gasteiger partial charge in [-0.05, 0) is 62.2 Å². The number of aryl methyl sites for hydroxylation is 2. The zero-order valence-corrected chi connectivity index (χ0v) is 25.9. The molecule has 9 heteroatoms. The monoisotopic (exact) mass is 610 g/mol. The first-order valence-electron chi connectivity index (χ1n) is 14.1. The van der Waals surface area contributed by atoms with Gasteiger partial charge in [0.25, 0.3) is 5.91 Å². The predicted octanol–water partition coefficient (Wildman–Crippen LogP) is 6.16. The summed E-state index contributed by atoms with van der Waals surface area (Å²) in [7, 11) is -2.61. The Morgan fingerprint density at radius 2 is 1.48 bits per heavy atom. The summed E-state index contributed by atoms with van der Waals surface area (Å²) in [5, 5.41) is 0. The van der Waals surface area contributed by atoms with E-state index in [1.165, 1.54) is 22.4 Å². The molecule has 44 heavy (non-hydrogen) atoms. The predicted molar refractivity (Wildman–Crippen MR) is 167 cm³/mol. The summed E-state index contributed by atoms with van der Waals surface area (Å²) in [6.07, 6.45) is 1.51. The summed E-state index contributed by atoms with van der Waals surface area (Å²) in [6, 6.07) is 27.2. The van der Waals surface area contributed by atoms with E-state index >= 15 is 0 Å². The van der Waals surface area contributed by atoms with Gasteiger partial charge in [0.1, 0.15) is 11.5 Å². The number of esters is 1. The highest BCUT2D eigenvalue weighted by Gasteiger charge is 2.37. The number of hydrogen-bond acceptors (Lipinski definition) is 6. The van der Waals surface area contributed by atoms with Crippen molar-refractivity contribution in [3.63, 3.8) is 0 Å². The average molecular weight is 611 g/mol. The van der Waals surface area contributed by atoms with Crippen LogP contribution in [-0.4, -0.2) is 36.6 Å². The molecule has 1 aliphatic heterocycles. The third-order valence-corrected chi connectivity index (χ3v) is 9.33. The van der Waals surface area contributed by atoms with Gasteiger partial charge in [0, 0.05) is 12.2 Å². The second-order valence-corrected chi connectivity index (χ2v) is 12.7. The van der Waals surface area contributed by atoms with E-state index in [4.69, 9.17) is 9.15 Å². The number of nitrogens with zero attached hydrogens (tertiary/aromatic N) is 2. The number of methoxy groups -OCH3 is 1. The molecule has 1 aromatic heterocycles. The SMILES string of the molecule is COC(=O)C1=C(C)N(Cc2ccccc2)C(=O)/C1=C/c1ccc(CN(Cc2ccc(C)cc2)S(=O)(=O)c2ccc(C)cc2)o1. The molecule has 0 atom stereocenters. The fourth-order valence-corrected chi connectivity index (χ4v) is 6.43. The fraction of sp³-hybridized carbons (Fsp3) is 0.200. The molecule has 5 rings (SSSR count). The molecule has 0 saturated heterocycles. The van der Waals surface area contributed by atoms with E-state index < -0.39 is 16.0 Å². The maximum absolute atomic E-state index is 13.8. The third-order valence-electron chi connectivity index (χ3n) is 7.52. The molecule has 0 unspecified atom stereocenters. The van der Waals surface area contributed by atoms with Gasteiger partial charge in [0.15, 0.2) is 0 Å². The van der Waals surface area contributed by atoms with Crippen LogP contribution in [0.25, 0.3) is 6.08 Å². The van der Waals surface area contributed by atoms with Crippen molar-refractivity contribution in [1.29, 1.82) is 0 Å². The number of benzene rings is 3. The Morgan fingerprint density at radius 3 is 2.11 bits per heavy atom. The van der Waals surface area contributed by atoms with Crippen LogP contribution in [0.15, 0.2) is 117 Å². The van der Waals surface area contributed by atoms with E-state index in [0.29, 0.717) is 17.2 Å². The molecule has 226 valence electrons. The van der Waals surface area contributed by atoms with Crippen LogP contribution in [0.3, 0.4) is 0 Å². The molecule has 4 aromatic rings. The highest BCUT2D eigenvalue weighted by molar-refractivity contribution is 7.89. The van der Waals surface area contributed by atoms with Crippen LogP contribution in [0.4, 0.5) is 0 Å². The van der Waals surface area contributed by atoms with Crippen LogP contribution in [-0.2, 0) is 44.0 Å². The number of amides is 1. The van der Waals surface area contributed by atoms with Gasteiger partial charge >= 0.3 is 5.97 Å². The molecule has 0 saturated carbocycles. The van der Waals surface area contributed by atoms with Crippen molar-refractivity contribution in [2.75, 3.05) is 7.11 Å². The van der Waals surface area contributed by atoms with Crippen LogP contribution in [0, 0.1) is 13.8 Å².